The zero-order chi connectivity index (χ0) is 11.3. The average molecular weight is 228 g/mol. The van der Waals surface area contributed by atoms with Gasteiger partial charge in [-0.2, -0.15) is 11.8 Å². The second-order valence-electron chi connectivity index (χ2n) is 3.02. The molecule has 0 spiro atoms. The molecular weight excluding hydrogens is 216 g/mol. The number of hydrogen-bond acceptors (Lipinski definition) is 6. The van der Waals surface area contributed by atoms with Gasteiger partial charge in [0.25, 0.3) is 0 Å². The summed E-state index contributed by atoms with van der Waals surface area (Å²) in [6.45, 7) is 2.00. The van der Waals surface area contributed by atoms with Gasteiger partial charge in [-0.1, -0.05) is 0 Å². The van der Waals surface area contributed by atoms with E-state index in [4.69, 9.17) is 0 Å². The first-order chi connectivity index (χ1) is 7.13. The maximum atomic E-state index is 10.3. The summed E-state index contributed by atoms with van der Waals surface area (Å²) in [7, 11) is 0. The minimum absolute atomic E-state index is 0.0990. The van der Waals surface area contributed by atoms with Crippen LogP contribution in [-0.4, -0.2) is 32.9 Å². The molecule has 0 radical (unpaired) electrons. The van der Waals surface area contributed by atoms with Gasteiger partial charge in [0.15, 0.2) is 0 Å². The highest BCUT2D eigenvalue weighted by Crippen LogP contribution is 2.09. The highest BCUT2D eigenvalue weighted by atomic mass is 32.2. The lowest BCUT2D eigenvalue weighted by atomic mass is 10.4. The van der Waals surface area contributed by atoms with Gasteiger partial charge in [-0.3, -0.25) is 10.1 Å². The third kappa shape index (κ3) is 3.70. The Morgan fingerprint density at radius 3 is 2.67 bits per heavy atom. The molecule has 1 heterocycles. The summed E-state index contributed by atoms with van der Waals surface area (Å²) >= 11 is 1.71. The number of aromatic nitrogens is 2. The fourth-order valence-electron chi connectivity index (χ4n) is 1.00. The zero-order valence-electron chi connectivity index (χ0n) is 8.51. The Labute approximate surface area is 91.7 Å². The zero-order valence-corrected chi connectivity index (χ0v) is 9.32. The Hall–Kier alpha value is -1.37. The van der Waals surface area contributed by atoms with Crippen LogP contribution in [0.5, 0.6) is 0 Å². The van der Waals surface area contributed by atoms with Gasteiger partial charge in [0.05, 0.1) is 4.92 Å². The van der Waals surface area contributed by atoms with Crippen LogP contribution >= 0.6 is 11.8 Å². The summed E-state index contributed by atoms with van der Waals surface area (Å²) in [5, 5.41) is 13.4. The van der Waals surface area contributed by atoms with E-state index in [1.54, 1.807) is 11.8 Å². The summed E-state index contributed by atoms with van der Waals surface area (Å²) in [4.78, 5) is 17.5. The van der Waals surface area contributed by atoms with E-state index >= 15 is 0 Å². The van der Waals surface area contributed by atoms with Crippen LogP contribution in [0.4, 0.5) is 11.6 Å². The summed E-state index contributed by atoms with van der Waals surface area (Å²) < 4.78 is 0. The average Bonchev–Trinajstić information content (AvgIpc) is 2.18. The molecular formula is C8H12N4O2S. The number of rotatable bonds is 5. The standard InChI is InChI=1S/C8H12N4O2S/c1-6(5-15-2)11-8-9-3-7(4-10-8)12(13)14/h3-4,6H,5H2,1-2H3,(H,9,10,11). The molecule has 1 N–H and O–H groups in total. The molecule has 1 aromatic rings. The Morgan fingerprint density at radius 2 is 2.20 bits per heavy atom. The molecule has 15 heavy (non-hydrogen) atoms. The van der Waals surface area contributed by atoms with Gasteiger partial charge in [0.1, 0.15) is 12.4 Å². The highest BCUT2D eigenvalue weighted by molar-refractivity contribution is 7.98. The van der Waals surface area contributed by atoms with Gasteiger partial charge in [-0.05, 0) is 13.2 Å². The van der Waals surface area contributed by atoms with Crippen LogP contribution in [0.3, 0.4) is 0 Å². The lowest BCUT2D eigenvalue weighted by molar-refractivity contribution is -0.385. The number of thioether (sulfide) groups is 1. The Morgan fingerprint density at radius 1 is 1.60 bits per heavy atom. The van der Waals surface area contributed by atoms with E-state index in [1.165, 1.54) is 12.4 Å². The van der Waals surface area contributed by atoms with E-state index in [9.17, 15) is 10.1 Å². The molecule has 82 valence electrons. The molecule has 0 saturated heterocycles. The van der Waals surface area contributed by atoms with Crippen molar-refractivity contribution in [3.05, 3.63) is 22.5 Å². The first kappa shape index (κ1) is 11.7. The number of nitrogens with zero attached hydrogens (tertiary/aromatic N) is 3. The first-order valence-electron chi connectivity index (χ1n) is 4.35. The summed E-state index contributed by atoms with van der Waals surface area (Å²) in [6.07, 6.45) is 4.40. The molecule has 1 aromatic heterocycles. The predicted molar refractivity (Wildman–Crippen MR) is 60.2 cm³/mol. The van der Waals surface area contributed by atoms with Gasteiger partial charge in [-0.15, -0.1) is 0 Å². The van der Waals surface area contributed by atoms with Crippen molar-refractivity contribution in [1.29, 1.82) is 0 Å². The van der Waals surface area contributed by atoms with Crippen molar-refractivity contribution in [2.75, 3.05) is 17.3 Å². The third-order valence-corrected chi connectivity index (χ3v) is 2.47. The molecule has 0 aliphatic heterocycles. The molecule has 1 unspecified atom stereocenters. The van der Waals surface area contributed by atoms with Gasteiger partial charge in [0.2, 0.25) is 5.95 Å². The molecule has 1 atom stereocenters. The van der Waals surface area contributed by atoms with Gasteiger partial charge in [0, 0.05) is 11.8 Å². The molecule has 6 nitrogen and oxygen atoms in total. The van der Waals surface area contributed by atoms with Crippen LogP contribution in [0, 0.1) is 10.1 Å². The number of anilines is 1. The second kappa shape index (κ2) is 5.50. The van der Waals surface area contributed by atoms with Crippen LogP contribution in [0.15, 0.2) is 12.4 Å². The van der Waals surface area contributed by atoms with Gasteiger partial charge < -0.3 is 5.32 Å². The van der Waals surface area contributed by atoms with Crippen LogP contribution < -0.4 is 5.32 Å². The molecule has 7 heteroatoms. The minimum Gasteiger partial charge on any atom is -0.351 e. The molecule has 0 bridgehead atoms. The van der Waals surface area contributed by atoms with Crippen molar-refractivity contribution in [3.63, 3.8) is 0 Å². The first-order valence-corrected chi connectivity index (χ1v) is 5.74. The van der Waals surface area contributed by atoms with Crippen LogP contribution in [0.25, 0.3) is 0 Å². The fraction of sp³-hybridized carbons (Fsp3) is 0.500. The summed E-state index contributed by atoms with van der Waals surface area (Å²) in [5.41, 5.74) is -0.0990. The van der Waals surface area contributed by atoms with E-state index in [1.807, 2.05) is 13.2 Å². The van der Waals surface area contributed by atoms with Crippen LogP contribution in [0.1, 0.15) is 6.92 Å². The normalized spacial score (nSPS) is 12.1. The number of nitrogens with one attached hydrogen (secondary N) is 1. The molecule has 0 aromatic carbocycles. The third-order valence-electron chi connectivity index (χ3n) is 1.64. The van der Waals surface area contributed by atoms with Crippen LogP contribution in [0.2, 0.25) is 0 Å². The van der Waals surface area contributed by atoms with Crippen molar-refractivity contribution in [3.8, 4) is 0 Å². The Bertz CT molecular complexity index is 330. The maximum Gasteiger partial charge on any atom is 0.305 e. The quantitative estimate of drug-likeness (QED) is 0.608. The summed E-state index contributed by atoms with van der Waals surface area (Å²) in [6, 6.07) is 0.237. The highest BCUT2D eigenvalue weighted by Gasteiger charge is 2.07. The van der Waals surface area contributed by atoms with Gasteiger partial charge >= 0.3 is 5.69 Å². The van der Waals surface area contributed by atoms with E-state index in [0.717, 1.165) is 5.75 Å². The lowest BCUT2D eigenvalue weighted by Crippen LogP contribution is -2.19. The molecule has 0 fully saturated rings. The maximum absolute atomic E-state index is 10.3. The van der Waals surface area contributed by atoms with Crippen molar-refractivity contribution in [2.45, 2.75) is 13.0 Å². The SMILES string of the molecule is CSCC(C)Nc1ncc([N+](=O)[O-])cn1. The number of hydrogen-bond donors (Lipinski definition) is 1. The van der Waals surface area contributed by atoms with Crippen molar-refractivity contribution in [2.24, 2.45) is 0 Å². The van der Waals surface area contributed by atoms with E-state index in [0.29, 0.717) is 5.95 Å². The lowest BCUT2D eigenvalue weighted by Gasteiger charge is -2.11. The minimum atomic E-state index is -0.519. The van der Waals surface area contributed by atoms with Gasteiger partial charge in [-0.25, -0.2) is 9.97 Å². The van der Waals surface area contributed by atoms with Crippen molar-refractivity contribution >= 4 is 23.4 Å². The van der Waals surface area contributed by atoms with E-state index < -0.39 is 4.92 Å². The van der Waals surface area contributed by atoms with Crippen molar-refractivity contribution in [1.82, 2.24) is 9.97 Å². The number of nitro groups is 1. The second-order valence-corrected chi connectivity index (χ2v) is 3.93. The molecule has 0 aliphatic carbocycles. The Kier molecular flexibility index (Phi) is 4.29. The fourth-order valence-corrected chi connectivity index (χ4v) is 1.59. The van der Waals surface area contributed by atoms with Crippen molar-refractivity contribution < 1.29 is 4.92 Å². The smallest absolute Gasteiger partial charge is 0.305 e. The molecule has 0 amide bonds. The van der Waals surface area contributed by atoms with Crippen LogP contribution in [-0.2, 0) is 0 Å². The Balaban J connectivity index is 2.60. The largest absolute Gasteiger partial charge is 0.351 e. The van der Waals surface area contributed by atoms with E-state index in [2.05, 4.69) is 15.3 Å². The summed E-state index contributed by atoms with van der Waals surface area (Å²) in [5.74, 6) is 1.35. The molecule has 0 saturated carbocycles. The molecule has 0 aliphatic rings. The predicted octanol–water partition coefficient (Wildman–Crippen LogP) is 1.55. The van der Waals surface area contributed by atoms with E-state index in [-0.39, 0.29) is 11.7 Å². The molecule has 1 rings (SSSR count). The monoisotopic (exact) mass is 228 g/mol. The topological polar surface area (TPSA) is 81.0 Å².